The minimum Gasteiger partial charge on any atom is -0.481 e. The number of aryl methyl sites for hydroxylation is 4. The molecule has 0 bridgehead atoms. The summed E-state index contributed by atoms with van der Waals surface area (Å²) < 4.78 is 0. The summed E-state index contributed by atoms with van der Waals surface area (Å²) in [5, 5.41) is 9.33. The zero-order valence-corrected chi connectivity index (χ0v) is 16.2. The zero-order chi connectivity index (χ0) is 18.8. The van der Waals surface area contributed by atoms with Crippen molar-refractivity contribution in [2.45, 2.75) is 46.6 Å². The highest BCUT2D eigenvalue weighted by Crippen LogP contribution is 2.35. The molecule has 3 heteroatoms. The molecule has 138 valence electrons. The molecule has 1 atom stereocenters. The lowest BCUT2D eigenvalue weighted by Crippen LogP contribution is -2.39. The van der Waals surface area contributed by atoms with Crippen molar-refractivity contribution in [2.75, 3.05) is 13.1 Å². The number of aliphatic carboxylic acids is 1. The van der Waals surface area contributed by atoms with Crippen LogP contribution in [0.3, 0.4) is 0 Å². The van der Waals surface area contributed by atoms with Crippen molar-refractivity contribution in [3.8, 4) is 0 Å². The monoisotopic (exact) mass is 351 g/mol. The molecular weight excluding hydrogens is 322 g/mol. The van der Waals surface area contributed by atoms with E-state index in [9.17, 15) is 9.90 Å². The van der Waals surface area contributed by atoms with E-state index >= 15 is 0 Å². The van der Waals surface area contributed by atoms with Gasteiger partial charge >= 0.3 is 5.97 Å². The molecular formula is C23H29NO2. The Bertz CT molecular complexity index is 784. The van der Waals surface area contributed by atoms with Gasteiger partial charge in [-0.15, -0.1) is 0 Å². The van der Waals surface area contributed by atoms with Gasteiger partial charge in [0.1, 0.15) is 0 Å². The van der Waals surface area contributed by atoms with Gasteiger partial charge in [0.2, 0.25) is 0 Å². The molecule has 0 aliphatic carbocycles. The molecule has 2 aromatic rings. The highest BCUT2D eigenvalue weighted by molar-refractivity contribution is 5.70. The summed E-state index contributed by atoms with van der Waals surface area (Å²) in [7, 11) is 0. The lowest BCUT2D eigenvalue weighted by atomic mass is 9.88. The first-order chi connectivity index (χ1) is 12.3. The molecule has 1 unspecified atom stereocenters. The van der Waals surface area contributed by atoms with Gasteiger partial charge in [-0.3, -0.25) is 9.69 Å². The fraction of sp³-hybridized carbons (Fsp3) is 0.435. The van der Waals surface area contributed by atoms with Gasteiger partial charge in [-0.25, -0.2) is 0 Å². The number of nitrogens with zero attached hydrogens (tertiary/aromatic N) is 1. The van der Waals surface area contributed by atoms with E-state index in [1.165, 1.54) is 33.4 Å². The first-order valence-corrected chi connectivity index (χ1v) is 9.47. The third-order valence-corrected chi connectivity index (χ3v) is 5.53. The second-order valence-electron chi connectivity index (χ2n) is 7.83. The maximum Gasteiger partial charge on any atom is 0.306 e. The summed E-state index contributed by atoms with van der Waals surface area (Å²) >= 11 is 0. The van der Waals surface area contributed by atoms with Crippen molar-refractivity contribution in [3.63, 3.8) is 0 Å². The highest BCUT2D eigenvalue weighted by atomic mass is 16.4. The minimum atomic E-state index is -0.653. The summed E-state index contributed by atoms with van der Waals surface area (Å²) in [5.74, 6) is -0.857. The smallest absolute Gasteiger partial charge is 0.306 e. The molecule has 0 aromatic heterocycles. The third-order valence-electron chi connectivity index (χ3n) is 5.53. The van der Waals surface area contributed by atoms with E-state index in [1.54, 1.807) is 0 Å². The Morgan fingerprint density at radius 3 is 2.15 bits per heavy atom. The van der Waals surface area contributed by atoms with Crippen LogP contribution in [-0.4, -0.2) is 29.1 Å². The predicted molar refractivity (Wildman–Crippen MR) is 106 cm³/mol. The normalized spacial score (nSPS) is 17.2. The molecule has 1 aliphatic rings. The average Bonchev–Trinajstić information content (AvgIpc) is 2.58. The van der Waals surface area contributed by atoms with E-state index in [0.717, 1.165) is 25.9 Å². The van der Waals surface area contributed by atoms with Crippen LogP contribution < -0.4 is 0 Å². The molecule has 3 nitrogen and oxygen atoms in total. The molecule has 26 heavy (non-hydrogen) atoms. The van der Waals surface area contributed by atoms with Crippen molar-refractivity contribution in [1.29, 1.82) is 0 Å². The number of likely N-dealkylation sites (tertiary alicyclic amines) is 1. The van der Waals surface area contributed by atoms with Crippen molar-refractivity contribution < 1.29 is 9.90 Å². The number of hydrogen-bond acceptors (Lipinski definition) is 2. The number of carboxylic acids is 1. The van der Waals surface area contributed by atoms with Crippen molar-refractivity contribution >= 4 is 5.97 Å². The van der Waals surface area contributed by atoms with Crippen molar-refractivity contribution in [2.24, 2.45) is 5.92 Å². The van der Waals surface area contributed by atoms with Crippen LogP contribution in [0.2, 0.25) is 0 Å². The molecule has 1 fully saturated rings. The summed E-state index contributed by atoms with van der Waals surface area (Å²) in [4.78, 5) is 13.8. The van der Waals surface area contributed by atoms with E-state index in [1.807, 2.05) is 0 Å². The topological polar surface area (TPSA) is 40.5 Å². The Hall–Kier alpha value is -2.13. The van der Waals surface area contributed by atoms with E-state index < -0.39 is 5.97 Å². The van der Waals surface area contributed by atoms with E-state index in [-0.39, 0.29) is 12.0 Å². The SMILES string of the molecule is Cc1cc(C)cc(C(c2cc(C)ccc2C)N2CCC(C(=O)O)CC2)c1. The molecule has 1 N–H and O–H groups in total. The molecule has 1 saturated heterocycles. The van der Waals surface area contributed by atoms with Gasteiger partial charge < -0.3 is 5.11 Å². The van der Waals surface area contributed by atoms with Crippen LogP contribution in [0.5, 0.6) is 0 Å². The molecule has 0 amide bonds. The minimum absolute atomic E-state index is 0.184. The molecule has 0 spiro atoms. The molecule has 0 radical (unpaired) electrons. The Kier molecular flexibility index (Phi) is 5.47. The lowest BCUT2D eigenvalue weighted by Gasteiger charge is -2.38. The average molecular weight is 351 g/mol. The van der Waals surface area contributed by atoms with Crippen molar-refractivity contribution in [1.82, 2.24) is 4.90 Å². The number of carboxylic acid groups (broad SMARTS) is 1. The standard InChI is InChI=1S/C23H29NO2/c1-15-5-6-18(4)21(14-15)22(20-12-16(2)11-17(3)13-20)24-9-7-19(8-10-24)23(25)26/h5-6,11-14,19,22H,7-10H2,1-4H3,(H,25,26). The van der Waals surface area contributed by atoms with Gasteiger partial charge in [0, 0.05) is 0 Å². The van der Waals surface area contributed by atoms with E-state index in [0.29, 0.717) is 0 Å². The maximum atomic E-state index is 11.3. The summed E-state index contributed by atoms with van der Waals surface area (Å²) in [6, 6.07) is 13.6. The number of piperidine rings is 1. The molecule has 0 saturated carbocycles. The molecule has 3 rings (SSSR count). The van der Waals surface area contributed by atoms with Crippen LogP contribution in [0.25, 0.3) is 0 Å². The maximum absolute atomic E-state index is 11.3. The Balaban J connectivity index is 2.02. The second-order valence-corrected chi connectivity index (χ2v) is 7.83. The predicted octanol–water partition coefficient (Wildman–Crippen LogP) is 4.81. The van der Waals surface area contributed by atoms with Gasteiger partial charge in [-0.05, 0) is 70.3 Å². The van der Waals surface area contributed by atoms with Gasteiger partial charge in [0.15, 0.2) is 0 Å². The number of hydrogen-bond donors (Lipinski definition) is 1. The van der Waals surface area contributed by atoms with Crippen LogP contribution in [0.1, 0.15) is 52.3 Å². The van der Waals surface area contributed by atoms with Crippen LogP contribution >= 0.6 is 0 Å². The van der Waals surface area contributed by atoms with E-state index in [4.69, 9.17) is 0 Å². The first kappa shape index (κ1) is 18.7. The summed E-state index contributed by atoms with van der Waals surface area (Å²) in [5.41, 5.74) is 7.75. The second kappa shape index (κ2) is 7.63. The zero-order valence-electron chi connectivity index (χ0n) is 16.2. The van der Waals surface area contributed by atoms with Gasteiger partial charge in [0.25, 0.3) is 0 Å². The molecule has 1 heterocycles. The highest BCUT2D eigenvalue weighted by Gasteiger charge is 2.31. The van der Waals surface area contributed by atoms with Crippen LogP contribution in [0.4, 0.5) is 0 Å². The molecule has 2 aromatic carbocycles. The Labute approximate surface area is 156 Å². The quantitative estimate of drug-likeness (QED) is 0.859. The van der Waals surface area contributed by atoms with E-state index in [2.05, 4.69) is 69.0 Å². The summed E-state index contributed by atoms with van der Waals surface area (Å²) in [6.45, 7) is 10.2. The lowest BCUT2D eigenvalue weighted by molar-refractivity contribution is -0.143. The van der Waals surface area contributed by atoms with Crippen LogP contribution in [-0.2, 0) is 4.79 Å². The number of carbonyl (C=O) groups is 1. The number of rotatable bonds is 4. The summed E-state index contributed by atoms with van der Waals surface area (Å²) in [6.07, 6.45) is 1.45. The number of benzene rings is 2. The first-order valence-electron chi connectivity index (χ1n) is 9.47. The van der Waals surface area contributed by atoms with Crippen molar-refractivity contribution in [3.05, 3.63) is 69.8 Å². The van der Waals surface area contributed by atoms with Crippen LogP contribution in [0.15, 0.2) is 36.4 Å². The third kappa shape index (κ3) is 3.99. The van der Waals surface area contributed by atoms with Gasteiger partial charge in [-0.1, -0.05) is 53.1 Å². The van der Waals surface area contributed by atoms with Crippen LogP contribution in [0, 0.1) is 33.6 Å². The molecule has 1 aliphatic heterocycles. The van der Waals surface area contributed by atoms with Gasteiger partial charge in [-0.2, -0.15) is 0 Å². The van der Waals surface area contributed by atoms with Gasteiger partial charge in [0.05, 0.1) is 12.0 Å². The Morgan fingerprint density at radius 2 is 1.58 bits per heavy atom. The largest absolute Gasteiger partial charge is 0.481 e. The Morgan fingerprint density at radius 1 is 0.962 bits per heavy atom. The fourth-order valence-electron chi connectivity index (χ4n) is 4.21. The fourth-order valence-corrected chi connectivity index (χ4v) is 4.21.